The third-order valence-electron chi connectivity index (χ3n) is 4.40. The molecule has 0 rings (SSSR count). The summed E-state index contributed by atoms with van der Waals surface area (Å²) in [6, 6.07) is 2.96. The van der Waals surface area contributed by atoms with Crippen LogP contribution in [0.4, 0.5) is 0 Å². The van der Waals surface area contributed by atoms with Crippen LogP contribution < -0.4 is 0 Å². The molecule has 4 heteroatoms. The molecule has 0 aliphatic heterocycles. The fourth-order valence-electron chi connectivity index (χ4n) is 2.72. The van der Waals surface area contributed by atoms with Crippen molar-refractivity contribution in [3.05, 3.63) is 5.53 Å². The first-order valence-electron chi connectivity index (χ1n) is 7.87. The van der Waals surface area contributed by atoms with Crippen molar-refractivity contribution in [3.8, 4) is 0 Å². The molecule has 0 fully saturated rings. The highest BCUT2D eigenvalue weighted by Gasteiger charge is 2.44. The van der Waals surface area contributed by atoms with Crippen molar-refractivity contribution in [2.24, 2.45) is 0 Å². The molecule has 0 atom stereocenters. The predicted molar refractivity (Wildman–Crippen MR) is 84.2 cm³/mol. The van der Waals surface area contributed by atoms with Gasteiger partial charge in [-0.05, 0) is 24.6 Å². The summed E-state index contributed by atoms with van der Waals surface area (Å²) in [4.78, 5) is 15.7. The second-order valence-electron chi connectivity index (χ2n) is 5.38. The molecule has 0 heterocycles. The monoisotopic (exact) mass is 282 g/mol. The molecule has 0 amide bonds. The van der Waals surface area contributed by atoms with Crippen LogP contribution in [-0.4, -0.2) is 24.0 Å². The highest BCUT2D eigenvalue weighted by molar-refractivity contribution is 7.13. The van der Waals surface area contributed by atoms with Crippen LogP contribution >= 0.6 is 0 Å². The zero-order valence-corrected chi connectivity index (χ0v) is 14.2. The minimum atomic E-state index is -1.83. The first kappa shape index (κ1) is 18.3. The summed E-state index contributed by atoms with van der Waals surface area (Å²) < 4.78 is 0. The number of hydrogen-bond donors (Lipinski definition) is 0. The van der Waals surface area contributed by atoms with E-state index in [0.717, 1.165) is 31.0 Å². The predicted octanol–water partition coefficient (Wildman–Crippen LogP) is 4.63. The molecule has 0 spiro atoms. The average Bonchev–Trinajstić information content (AvgIpc) is 2.44. The molecule has 0 N–H and O–H groups in total. The van der Waals surface area contributed by atoms with Gasteiger partial charge in [0, 0.05) is 6.42 Å². The minimum Gasteiger partial charge on any atom is -0.362 e. The Bertz CT molecular complexity index is 310. The largest absolute Gasteiger partial charge is 0.362 e. The van der Waals surface area contributed by atoms with Crippen LogP contribution in [0.15, 0.2) is 0 Å². The van der Waals surface area contributed by atoms with Crippen LogP contribution in [-0.2, 0) is 4.79 Å². The van der Waals surface area contributed by atoms with Crippen molar-refractivity contribution >= 4 is 19.2 Å². The highest BCUT2D eigenvalue weighted by atomic mass is 28.3. The highest BCUT2D eigenvalue weighted by Crippen LogP contribution is 2.22. The fourth-order valence-corrected chi connectivity index (χ4v) is 6.15. The number of carbonyl (C=O) groups is 1. The van der Waals surface area contributed by atoms with Gasteiger partial charge < -0.3 is 5.53 Å². The molecule has 0 aromatic carbocycles. The number of rotatable bonds is 11. The Morgan fingerprint density at radius 1 is 0.947 bits per heavy atom. The SMILES string of the molecule is CCCCCCCC(=O)C(=[N+]=[N-])[Si](CC)(CC)CC. The van der Waals surface area contributed by atoms with Crippen molar-refractivity contribution < 1.29 is 9.58 Å². The van der Waals surface area contributed by atoms with Crippen LogP contribution in [0.1, 0.15) is 66.2 Å². The molecule has 0 aromatic rings. The Labute approximate surface area is 119 Å². The second-order valence-corrected chi connectivity index (χ2v) is 10.5. The molecule has 19 heavy (non-hydrogen) atoms. The standard InChI is InChI=1S/C15H30N2OSi/c1-5-9-10-11-12-13-14(18)15(17-16)19(6-2,7-3)8-4/h5-13H2,1-4H3. The fraction of sp³-hybridized carbons (Fsp3) is 0.867. The molecule has 0 aliphatic carbocycles. The zero-order valence-electron chi connectivity index (χ0n) is 13.2. The van der Waals surface area contributed by atoms with E-state index in [2.05, 4.69) is 32.5 Å². The lowest BCUT2D eigenvalue weighted by Gasteiger charge is -2.21. The van der Waals surface area contributed by atoms with Gasteiger partial charge in [-0.1, -0.05) is 53.4 Å². The quantitative estimate of drug-likeness (QED) is 0.179. The van der Waals surface area contributed by atoms with Crippen molar-refractivity contribution in [2.75, 3.05) is 0 Å². The lowest BCUT2D eigenvalue weighted by Crippen LogP contribution is -2.47. The van der Waals surface area contributed by atoms with E-state index in [0.29, 0.717) is 11.8 Å². The number of carbonyl (C=O) groups excluding carboxylic acids is 1. The van der Waals surface area contributed by atoms with Crippen LogP contribution in [0.5, 0.6) is 0 Å². The summed E-state index contributed by atoms with van der Waals surface area (Å²) in [6.45, 7) is 8.56. The Kier molecular flexibility index (Phi) is 9.71. The van der Waals surface area contributed by atoms with E-state index in [1.807, 2.05) is 0 Å². The summed E-state index contributed by atoms with van der Waals surface area (Å²) in [6.07, 6.45) is 6.25. The number of unbranched alkanes of at least 4 members (excludes halogenated alkanes) is 4. The average molecular weight is 283 g/mol. The van der Waals surface area contributed by atoms with Crippen LogP contribution in [0.2, 0.25) is 18.1 Å². The Balaban J connectivity index is 4.53. The Morgan fingerprint density at radius 3 is 1.89 bits per heavy atom. The third-order valence-corrected chi connectivity index (χ3v) is 9.85. The molecule has 0 saturated heterocycles. The summed E-state index contributed by atoms with van der Waals surface area (Å²) in [7, 11) is -1.83. The van der Waals surface area contributed by atoms with Crippen molar-refractivity contribution in [2.45, 2.75) is 84.4 Å². The molecule has 0 saturated carbocycles. The van der Waals surface area contributed by atoms with Gasteiger partial charge in [-0.3, -0.25) is 4.79 Å². The van der Waals surface area contributed by atoms with Crippen molar-refractivity contribution in [1.29, 1.82) is 0 Å². The van der Waals surface area contributed by atoms with E-state index in [-0.39, 0.29) is 5.78 Å². The maximum atomic E-state index is 12.3. The molecule has 0 bridgehead atoms. The van der Waals surface area contributed by atoms with E-state index in [1.54, 1.807) is 0 Å². The molecule has 0 radical (unpaired) electrons. The number of nitrogens with zero attached hydrogens (tertiary/aromatic N) is 2. The second kappa shape index (κ2) is 10.1. The smallest absolute Gasteiger partial charge is 0.300 e. The normalized spacial score (nSPS) is 11.2. The van der Waals surface area contributed by atoms with Gasteiger partial charge in [0.1, 0.15) is 0 Å². The summed E-state index contributed by atoms with van der Waals surface area (Å²) in [5.74, 6) is 0.0937. The molecule has 0 aliphatic rings. The van der Waals surface area contributed by atoms with Crippen LogP contribution in [0.25, 0.3) is 5.53 Å². The van der Waals surface area contributed by atoms with E-state index >= 15 is 0 Å². The summed E-state index contributed by atoms with van der Waals surface area (Å²) >= 11 is 0. The third kappa shape index (κ3) is 5.41. The van der Waals surface area contributed by atoms with Crippen LogP contribution in [0.3, 0.4) is 0 Å². The maximum Gasteiger partial charge on any atom is 0.300 e. The molecule has 3 nitrogen and oxygen atoms in total. The summed E-state index contributed by atoms with van der Waals surface area (Å²) in [5, 5.41) is 0.537. The number of ketones is 1. The Hall–Kier alpha value is -0.733. The number of Topliss-reactive ketones (excluding diaryl/α,β-unsaturated/α-hetero) is 1. The van der Waals surface area contributed by atoms with E-state index in [1.165, 1.54) is 19.3 Å². The maximum absolute atomic E-state index is 12.3. The van der Waals surface area contributed by atoms with Gasteiger partial charge in [0.05, 0.1) is 0 Å². The molecular weight excluding hydrogens is 252 g/mol. The van der Waals surface area contributed by atoms with E-state index in [9.17, 15) is 10.3 Å². The van der Waals surface area contributed by atoms with E-state index < -0.39 is 8.07 Å². The molecular formula is C15H30N2OSi. The topological polar surface area (TPSA) is 53.5 Å². The first-order chi connectivity index (χ1) is 9.11. The molecule has 0 aromatic heterocycles. The lowest BCUT2D eigenvalue weighted by molar-refractivity contribution is -0.116. The van der Waals surface area contributed by atoms with E-state index in [4.69, 9.17) is 0 Å². The molecule has 0 unspecified atom stereocenters. The van der Waals surface area contributed by atoms with Gasteiger partial charge in [-0.15, -0.1) is 0 Å². The summed E-state index contributed by atoms with van der Waals surface area (Å²) in [5.41, 5.74) is 9.27. The van der Waals surface area contributed by atoms with Gasteiger partial charge in [0.2, 0.25) is 5.78 Å². The van der Waals surface area contributed by atoms with Crippen LogP contribution in [0, 0.1) is 0 Å². The zero-order chi connectivity index (χ0) is 14.7. The van der Waals surface area contributed by atoms with Gasteiger partial charge in [0.15, 0.2) is 8.07 Å². The Morgan fingerprint density at radius 2 is 1.47 bits per heavy atom. The minimum absolute atomic E-state index is 0.0937. The first-order valence-corrected chi connectivity index (χ1v) is 10.5. The van der Waals surface area contributed by atoms with Gasteiger partial charge in [-0.2, -0.15) is 4.79 Å². The van der Waals surface area contributed by atoms with Crippen molar-refractivity contribution in [3.63, 3.8) is 0 Å². The number of hydrogen-bond acceptors (Lipinski definition) is 1. The van der Waals surface area contributed by atoms with Gasteiger partial charge >= 0.3 is 5.33 Å². The molecule has 110 valence electrons. The van der Waals surface area contributed by atoms with Gasteiger partial charge in [-0.25, -0.2) is 0 Å². The van der Waals surface area contributed by atoms with Crippen molar-refractivity contribution in [1.82, 2.24) is 0 Å². The van der Waals surface area contributed by atoms with Gasteiger partial charge in [0.25, 0.3) is 0 Å². The lowest BCUT2D eigenvalue weighted by atomic mass is 10.1.